The van der Waals surface area contributed by atoms with Gasteiger partial charge in [-0.2, -0.15) is 0 Å². The van der Waals surface area contributed by atoms with E-state index in [-0.39, 0.29) is 58.9 Å². The number of rotatable bonds is 0. The number of halogens is 3. The maximum atomic E-state index is 3.25. The summed E-state index contributed by atoms with van der Waals surface area (Å²) in [5, 5.41) is 0. The molecule has 0 aromatic rings. The molecule has 0 rings (SSSR count). The molecule has 0 nitrogen and oxygen atoms in total. The quantitative estimate of drug-likeness (QED) is 0.414. The Bertz CT molecular complexity index is 17.7. The largest absolute Gasteiger partial charge is 0.245 e. The minimum atomic E-state index is 0. The normalized spacial score (nSPS) is 1.71. The first kappa shape index (κ1) is 41.6. The second-order valence-corrected chi connectivity index (χ2v) is 0.289. The number of hydrogen-bond donors (Lipinski definition) is 0. The van der Waals surface area contributed by atoms with Gasteiger partial charge in [-0.15, -0.1) is 37.2 Å². The van der Waals surface area contributed by atoms with Crippen molar-refractivity contribution in [3.05, 3.63) is 19.6 Å². The van der Waals surface area contributed by atoms with Crippen LogP contribution in [0.3, 0.4) is 0 Å². The molecule has 0 aliphatic carbocycles. The molecule has 0 atom stereocenters. The van der Waals surface area contributed by atoms with Crippen LogP contribution >= 0.6 is 37.2 Å². The summed E-state index contributed by atoms with van der Waals surface area (Å²) in [4.78, 5) is 0. The molecule has 46 valence electrons. The first-order chi connectivity index (χ1) is 1.41. The molecule has 0 aromatic carbocycles. The molecular weight excluding hydrogens is 190 g/mol. The van der Waals surface area contributed by atoms with E-state index in [1.807, 2.05) is 0 Å². The second-order valence-electron chi connectivity index (χ2n) is 0.289. The Labute approximate surface area is 78.2 Å². The predicted molar refractivity (Wildman–Crippen MR) is 37.3 cm³/mol. The van der Waals surface area contributed by atoms with E-state index < -0.39 is 0 Å². The topological polar surface area (TPSA) is 0 Å². The third-order valence-corrected chi connectivity index (χ3v) is 0. The van der Waals surface area contributed by atoms with E-state index in [1.165, 1.54) is 6.08 Å². The van der Waals surface area contributed by atoms with E-state index in [0.717, 1.165) is 0 Å². The molecule has 0 saturated heterocycles. The average molecular weight is 198 g/mol. The van der Waals surface area contributed by atoms with Crippen LogP contribution in [0.2, 0.25) is 0 Å². The molecule has 0 bridgehead atoms. The Morgan fingerprint density at radius 3 is 1.14 bits per heavy atom. The second kappa shape index (κ2) is 57.3. The van der Waals surface area contributed by atoms with Crippen molar-refractivity contribution in [2.24, 2.45) is 0 Å². The van der Waals surface area contributed by atoms with Crippen LogP contribution in [0.15, 0.2) is 12.7 Å². The number of hydrogen-bond acceptors (Lipinski definition) is 0. The summed E-state index contributed by atoms with van der Waals surface area (Å²) in [6.45, 7) is 6.50. The van der Waals surface area contributed by atoms with Gasteiger partial charge in [-0.25, -0.2) is 19.6 Å². The summed E-state index contributed by atoms with van der Waals surface area (Å²) in [5.41, 5.74) is 0. The molecule has 0 spiro atoms. The van der Waals surface area contributed by atoms with Crippen molar-refractivity contribution in [2.45, 2.75) is 0 Å². The first-order valence-corrected chi connectivity index (χ1v) is 0.816. The molecule has 0 amide bonds. The SMILES string of the molecule is C=C[CH2-].Cl.Cl.Cl.[Ti]. The van der Waals surface area contributed by atoms with E-state index in [0.29, 0.717) is 0 Å². The van der Waals surface area contributed by atoms with E-state index in [4.69, 9.17) is 0 Å². The van der Waals surface area contributed by atoms with E-state index in [9.17, 15) is 0 Å². The fourth-order valence-electron chi connectivity index (χ4n) is 0. The van der Waals surface area contributed by atoms with Crippen LogP contribution in [0.25, 0.3) is 0 Å². The van der Waals surface area contributed by atoms with Gasteiger partial charge in [0.1, 0.15) is 0 Å². The van der Waals surface area contributed by atoms with Crippen LogP contribution in [0.1, 0.15) is 0 Å². The molecule has 0 aromatic heterocycles. The summed E-state index contributed by atoms with van der Waals surface area (Å²) < 4.78 is 0. The predicted octanol–water partition coefficient (Wildman–Crippen LogP) is 2.27. The molecule has 0 saturated carbocycles. The van der Waals surface area contributed by atoms with Crippen molar-refractivity contribution in [2.75, 3.05) is 0 Å². The Kier molecular flexibility index (Phi) is 340. The van der Waals surface area contributed by atoms with Gasteiger partial charge in [-0.1, -0.05) is 0 Å². The summed E-state index contributed by atoms with van der Waals surface area (Å²) in [6.07, 6.45) is 1.50. The molecule has 0 aliphatic rings. The Balaban J connectivity index is -0.00000000333. The van der Waals surface area contributed by atoms with Crippen LogP contribution in [0.5, 0.6) is 0 Å². The van der Waals surface area contributed by atoms with Gasteiger partial charge < -0.3 is 0 Å². The van der Waals surface area contributed by atoms with Gasteiger partial charge in [0.15, 0.2) is 0 Å². The van der Waals surface area contributed by atoms with Gasteiger partial charge in [-0.3, -0.25) is 0 Å². The molecule has 0 radical (unpaired) electrons. The maximum Gasteiger partial charge on any atom is 0 e. The van der Waals surface area contributed by atoms with Crippen molar-refractivity contribution in [3.63, 3.8) is 0 Å². The Morgan fingerprint density at radius 2 is 1.14 bits per heavy atom. The molecular formula is C3H8Cl3Ti-. The third kappa shape index (κ3) is 136. The summed E-state index contributed by atoms with van der Waals surface area (Å²) in [7, 11) is 0. The van der Waals surface area contributed by atoms with Crippen molar-refractivity contribution < 1.29 is 21.7 Å². The van der Waals surface area contributed by atoms with Crippen molar-refractivity contribution in [1.29, 1.82) is 0 Å². The molecule has 7 heavy (non-hydrogen) atoms. The van der Waals surface area contributed by atoms with E-state index in [1.54, 1.807) is 0 Å². The average Bonchev–Trinajstić information content (AvgIpc) is 0.918. The first-order valence-electron chi connectivity index (χ1n) is 0.816. The van der Waals surface area contributed by atoms with Gasteiger partial charge in [-0.05, 0) is 0 Å². The minimum absolute atomic E-state index is 0. The van der Waals surface area contributed by atoms with Gasteiger partial charge in [0.25, 0.3) is 0 Å². The van der Waals surface area contributed by atoms with Crippen LogP contribution in [0.4, 0.5) is 0 Å². The molecule has 0 heterocycles. The Morgan fingerprint density at radius 1 is 1.14 bits per heavy atom. The standard InChI is InChI=1S/C3H5.3ClH.Ti/c1-3-2;;;;/h3H,1-2H2;3*1H;/q-1;;;;. The summed E-state index contributed by atoms with van der Waals surface area (Å²) in [6, 6.07) is 0. The summed E-state index contributed by atoms with van der Waals surface area (Å²) >= 11 is 0. The molecule has 0 fully saturated rings. The minimum Gasteiger partial charge on any atom is -0.245 e. The monoisotopic (exact) mass is 197 g/mol. The zero-order chi connectivity index (χ0) is 2.71. The maximum absolute atomic E-state index is 3.25. The summed E-state index contributed by atoms with van der Waals surface area (Å²) in [5.74, 6) is 0. The van der Waals surface area contributed by atoms with Crippen LogP contribution < -0.4 is 0 Å². The van der Waals surface area contributed by atoms with Gasteiger partial charge >= 0.3 is 0 Å². The fraction of sp³-hybridized carbons (Fsp3) is 0. The third-order valence-electron chi connectivity index (χ3n) is 0. The van der Waals surface area contributed by atoms with Crippen LogP contribution in [-0.4, -0.2) is 0 Å². The zero-order valence-corrected chi connectivity index (χ0v) is 7.73. The molecule has 0 unspecified atom stereocenters. The van der Waals surface area contributed by atoms with Gasteiger partial charge in [0.2, 0.25) is 0 Å². The molecule has 4 heteroatoms. The number of allylic oxidation sites excluding steroid dienone is 1. The Hall–Kier alpha value is 1.19. The fourth-order valence-corrected chi connectivity index (χ4v) is 0. The van der Waals surface area contributed by atoms with Gasteiger partial charge in [0, 0.05) is 21.7 Å². The van der Waals surface area contributed by atoms with Crippen molar-refractivity contribution in [1.82, 2.24) is 0 Å². The molecule has 0 aliphatic heterocycles. The van der Waals surface area contributed by atoms with Crippen molar-refractivity contribution in [3.8, 4) is 0 Å². The van der Waals surface area contributed by atoms with Crippen LogP contribution in [-0.2, 0) is 21.7 Å². The van der Waals surface area contributed by atoms with Gasteiger partial charge in [0.05, 0.1) is 0 Å². The zero-order valence-electron chi connectivity index (χ0n) is 3.72. The molecule has 0 N–H and O–H groups in total. The van der Waals surface area contributed by atoms with E-state index >= 15 is 0 Å². The van der Waals surface area contributed by atoms with Crippen LogP contribution in [0, 0.1) is 6.92 Å². The van der Waals surface area contributed by atoms with E-state index in [2.05, 4.69) is 13.5 Å². The smallest absolute Gasteiger partial charge is 0 e. The van der Waals surface area contributed by atoms with Crippen molar-refractivity contribution >= 4 is 37.2 Å².